The van der Waals surface area contributed by atoms with Gasteiger partial charge in [0, 0.05) is 17.5 Å². The monoisotopic (exact) mass is 370 g/mol. The predicted molar refractivity (Wildman–Crippen MR) is 109 cm³/mol. The molecule has 4 heteroatoms. The van der Waals surface area contributed by atoms with Crippen LogP contribution < -0.4 is 14.2 Å². The van der Waals surface area contributed by atoms with E-state index in [0.29, 0.717) is 23.5 Å². The number of hydrogen-bond acceptors (Lipinski definition) is 4. The van der Waals surface area contributed by atoms with Crippen molar-refractivity contribution < 1.29 is 19.3 Å². The third-order valence-electron chi connectivity index (χ3n) is 5.11. The third-order valence-corrected chi connectivity index (χ3v) is 5.11. The topological polar surface area (TPSA) is 47.9 Å². The fourth-order valence-electron chi connectivity index (χ4n) is 3.63. The summed E-state index contributed by atoms with van der Waals surface area (Å²) >= 11 is 0. The van der Waals surface area contributed by atoms with Gasteiger partial charge in [-0.05, 0) is 42.2 Å². The van der Waals surface area contributed by atoms with E-state index in [9.17, 15) is 5.11 Å². The maximum absolute atomic E-state index is 12.1. The van der Waals surface area contributed by atoms with E-state index in [2.05, 4.69) is 20.4 Å². The molecular formula is C23H30O4. The Morgan fingerprint density at radius 2 is 1.56 bits per heavy atom. The van der Waals surface area contributed by atoms with Crippen molar-refractivity contribution >= 4 is 0 Å². The first-order valence-electron chi connectivity index (χ1n) is 9.12. The van der Waals surface area contributed by atoms with Gasteiger partial charge in [0.25, 0.3) is 0 Å². The van der Waals surface area contributed by atoms with E-state index < -0.39 is 5.60 Å². The van der Waals surface area contributed by atoms with Crippen LogP contribution in [0.15, 0.2) is 55.1 Å². The Bertz CT molecular complexity index is 751. The van der Waals surface area contributed by atoms with Gasteiger partial charge in [-0.1, -0.05) is 32.1 Å². The van der Waals surface area contributed by atoms with Crippen molar-refractivity contribution in [2.75, 3.05) is 21.3 Å². The fourth-order valence-corrected chi connectivity index (χ4v) is 3.63. The van der Waals surface area contributed by atoms with Crippen LogP contribution >= 0.6 is 0 Å². The number of methoxy groups -OCH3 is 3. The first-order chi connectivity index (χ1) is 12.9. The normalized spacial score (nSPS) is 14.3. The van der Waals surface area contributed by atoms with Gasteiger partial charge in [0.15, 0.2) is 0 Å². The van der Waals surface area contributed by atoms with Crippen LogP contribution in [0.2, 0.25) is 0 Å². The molecule has 0 aliphatic heterocycles. The molecule has 0 bridgehead atoms. The highest BCUT2D eigenvalue weighted by molar-refractivity contribution is 5.50. The molecule has 1 N–H and O–H groups in total. The van der Waals surface area contributed by atoms with Crippen LogP contribution in [0.5, 0.6) is 17.2 Å². The largest absolute Gasteiger partial charge is 0.497 e. The molecule has 0 aromatic heterocycles. The van der Waals surface area contributed by atoms with Crippen LogP contribution in [0.1, 0.15) is 31.4 Å². The molecule has 2 atom stereocenters. The van der Waals surface area contributed by atoms with Gasteiger partial charge in [-0.15, -0.1) is 6.58 Å². The van der Waals surface area contributed by atoms with Crippen molar-refractivity contribution in [3.8, 4) is 17.2 Å². The van der Waals surface area contributed by atoms with E-state index in [-0.39, 0.29) is 11.8 Å². The number of benzene rings is 2. The van der Waals surface area contributed by atoms with E-state index in [1.54, 1.807) is 27.4 Å². The molecule has 0 heterocycles. The molecule has 0 aliphatic carbocycles. The first-order valence-corrected chi connectivity index (χ1v) is 9.12. The minimum Gasteiger partial charge on any atom is -0.497 e. The lowest BCUT2D eigenvalue weighted by atomic mass is 9.69. The molecule has 2 aromatic rings. The summed E-state index contributed by atoms with van der Waals surface area (Å²) in [5.41, 5.74) is 0.232. The first kappa shape index (κ1) is 20.8. The van der Waals surface area contributed by atoms with Crippen molar-refractivity contribution in [2.24, 2.45) is 11.8 Å². The summed E-state index contributed by atoms with van der Waals surface area (Å²) in [6.45, 7) is 8.12. The molecule has 0 amide bonds. The maximum atomic E-state index is 12.1. The Labute approximate surface area is 162 Å². The zero-order chi connectivity index (χ0) is 20.0. The molecule has 0 radical (unpaired) electrons. The Morgan fingerprint density at radius 3 is 2.04 bits per heavy atom. The van der Waals surface area contributed by atoms with Crippen LogP contribution in [0, 0.1) is 11.8 Å². The number of rotatable bonds is 9. The molecule has 2 aromatic carbocycles. The van der Waals surface area contributed by atoms with Crippen molar-refractivity contribution in [1.82, 2.24) is 0 Å². The molecule has 0 fully saturated rings. The lowest BCUT2D eigenvalue weighted by Gasteiger charge is -2.40. The third kappa shape index (κ3) is 4.11. The average Bonchev–Trinajstić information content (AvgIpc) is 2.70. The molecule has 146 valence electrons. The van der Waals surface area contributed by atoms with Gasteiger partial charge in [0.2, 0.25) is 0 Å². The highest BCUT2D eigenvalue weighted by atomic mass is 16.5. The van der Waals surface area contributed by atoms with Crippen molar-refractivity contribution in [3.63, 3.8) is 0 Å². The fraction of sp³-hybridized carbons (Fsp3) is 0.391. The maximum Gasteiger partial charge on any atom is 0.129 e. The van der Waals surface area contributed by atoms with Gasteiger partial charge in [-0.25, -0.2) is 0 Å². The molecule has 27 heavy (non-hydrogen) atoms. The van der Waals surface area contributed by atoms with Crippen LogP contribution in [-0.4, -0.2) is 26.4 Å². The Kier molecular flexibility index (Phi) is 6.92. The van der Waals surface area contributed by atoms with E-state index in [4.69, 9.17) is 14.2 Å². The summed E-state index contributed by atoms with van der Waals surface area (Å²) in [5, 5.41) is 12.1. The summed E-state index contributed by atoms with van der Waals surface area (Å²) in [5.74, 6) is 2.13. The summed E-state index contributed by atoms with van der Waals surface area (Å²) in [4.78, 5) is 0. The standard InChI is InChI=1S/C23H30O4/c1-7-8-20(16(2)3)23(24,17-9-11-18(25-4)12-10-17)21-14-13-19(26-5)15-22(21)27-6/h7,9-16,20,24H,1,8H2,2-6H3/t20-,23?/m0/s1. The Balaban J connectivity index is 2.73. The average molecular weight is 370 g/mol. The second-order valence-corrected chi connectivity index (χ2v) is 6.94. The number of ether oxygens (including phenoxy) is 3. The van der Waals surface area contributed by atoms with Crippen molar-refractivity contribution in [1.29, 1.82) is 0 Å². The summed E-state index contributed by atoms with van der Waals surface area (Å²) < 4.78 is 16.2. The minimum atomic E-state index is -1.26. The SMILES string of the molecule is C=CC[C@@H](C(C)C)C(O)(c1ccc(OC)cc1)c1ccc(OC)cc1OC. The minimum absolute atomic E-state index is 0.0920. The van der Waals surface area contributed by atoms with Gasteiger partial charge in [0.05, 0.1) is 21.3 Å². The lowest BCUT2D eigenvalue weighted by Crippen LogP contribution is -2.39. The molecule has 0 aliphatic rings. The molecular weight excluding hydrogens is 340 g/mol. The quantitative estimate of drug-likeness (QED) is 0.644. The molecule has 2 rings (SSSR count). The lowest BCUT2D eigenvalue weighted by molar-refractivity contribution is -0.00564. The van der Waals surface area contributed by atoms with Crippen LogP contribution in [0.3, 0.4) is 0 Å². The highest BCUT2D eigenvalue weighted by Gasteiger charge is 2.43. The predicted octanol–water partition coefficient (Wildman–Crippen LogP) is 4.80. The number of allylic oxidation sites excluding steroid dienone is 1. The molecule has 1 unspecified atom stereocenters. The second kappa shape index (κ2) is 8.96. The van der Waals surface area contributed by atoms with Crippen LogP contribution in [-0.2, 0) is 5.60 Å². The van der Waals surface area contributed by atoms with E-state index >= 15 is 0 Å². The van der Waals surface area contributed by atoms with Crippen LogP contribution in [0.25, 0.3) is 0 Å². The Morgan fingerprint density at radius 1 is 0.963 bits per heavy atom. The van der Waals surface area contributed by atoms with Gasteiger partial charge in [-0.3, -0.25) is 0 Å². The van der Waals surface area contributed by atoms with Crippen molar-refractivity contribution in [2.45, 2.75) is 25.9 Å². The molecule has 0 saturated carbocycles. The smallest absolute Gasteiger partial charge is 0.129 e. The summed E-state index contributed by atoms with van der Waals surface area (Å²) in [6.07, 6.45) is 2.52. The molecule has 0 saturated heterocycles. The second-order valence-electron chi connectivity index (χ2n) is 6.94. The van der Waals surface area contributed by atoms with Gasteiger partial charge in [-0.2, -0.15) is 0 Å². The summed E-state index contributed by atoms with van der Waals surface area (Å²) in [6, 6.07) is 13.1. The van der Waals surface area contributed by atoms with Gasteiger partial charge >= 0.3 is 0 Å². The van der Waals surface area contributed by atoms with E-state index in [0.717, 1.165) is 11.3 Å². The summed E-state index contributed by atoms with van der Waals surface area (Å²) in [7, 11) is 4.84. The Hall–Kier alpha value is -2.46. The van der Waals surface area contributed by atoms with Crippen LogP contribution in [0.4, 0.5) is 0 Å². The molecule has 0 spiro atoms. The highest BCUT2D eigenvalue weighted by Crippen LogP contribution is 2.46. The van der Waals surface area contributed by atoms with Crippen molar-refractivity contribution in [3.05, 3.63) is 66.2 Å². The zero-order valence-electron chi connectivity index (χ0n) is 16.9. The van der Waals surface area contributed by atoms with Gasteiger partial charge in [0.1, 0.15) is 22.8 Å². The molecule has 4 nitrogen and oxygen atoms in total. The van der Waals surface area contributed by atoms with E-state index in [1.807, 2.05) is 42.5 Å². The van der Waals surface area contributed by atoms with E-state index in [1.165, 1.54) is 0 Å². The number of hydrogen-bond donors (Lipinski definition) is 1. The zero-order valence-corrected chi connectivity index (χ0v) is 16.9. The number of aliphatic hydroxyl groups is 1. The van der Waals surface area contributed by atoms with Gasteiger partial charge < -0.3 is 19.3 Å².